The van der Waals surface area contributed by atoms with Crippen molar-refractivity contribution >= 4 is 17.9 Å². The summed E-state index contributed by atoms with van der Waals surface area (Å²) in [6.45, 7) is 7.00. The molecule has 7 heteroatoms. The molecule has 1 atom stereocenters. The highest BCUT2D eigenvalue weighted by molar-refractivity contribution is 5.87. The first-order valence-corrected chi connectivity index (χ1v) is 6.13. The maximum absolute atomic E-state index is 11.5. The van der Waals surface area contributed by atoms with Crippen LogP contribution in [0.3, 0.4) is 0 Å². The van der Waals surface area contributed by atoms with Crippen molar-refractivity contribution in [3.63, 3.8) is 0 Å². The van der Waals surface area contributed by atoms with E-state index in [-0.39, 0.29) is 24.8 Å². The van der Waals surface area contributed by atoms with E-state index >= 15 is 0 Å². The number of hydrogen-bond acceptors (Lipinski definition) is 4. The van der Waals surface area contributed by atoms with Gasteiger partial charge in [-0.25, -0.2) is 4.79 Å². The molecule has 0 aliphatic heterocycles. The number of amides is 3. The van der Waals surface area contributed by atoms with Gasteiger partial charge in [-0.2, -0.15) is 0 Å². The number of rotatable bonds is 5. The van der Waals surface area contributed by atoms with Crippen LogP contribution in [0.25, 0.3) is 0 Å². The third-order valence-corrected chi connectivity index (χ3v) is 2.04. The van der Waals surface area contributed by atoms with Crippen molar-refractivity contribution in [1.82, 2.24) is 16.0 Å². The largest absolute Gasteiger partial charge is 0.444 e. The van der Waals surface area contributed by atoms with Crippen molar-refractivity contribution in [1.29, 1.82) is 0 Å². The maximum atomic E-state index is 11.5. The summed E-state index contributed by atoms with van der Waals surface area (Å²) in [6.07, 6.45) is -0.486. The Labute approximate surface area is 113 Å². The van der Waals surface area contributed by atoms with Crippen LogP contribution in [-0.2, 0) is 14.3 Å². The molecule has 0 rings (SSSR count). The van der Waals surface area contributed by atoms with Gasteiger partial charge < -0.3 is 20.7 Å². The fourth-order valence-corrected chi connectivity index (χ4v) is 1.19. The molecule has 0 aromatic carbocycles. The predicted molar refractivity (Wildman–Crippen MR) is 70.5 cm³/mol. The Hall–Kier alpha value is -1.79. The molecule has 3 N–H and O–H groups in total. The number of alkyl carbamates (subject to hydrolysis) is 1. The lowest BCUT2D eigenvalue weighted by molar-refractivity contribution is -0.128. The highest BCUT2D eigenvalue weighted by atomic mass is 16.6. The van der Waals surface area contributed by atoms with Crippen LogP contribution in [0.4, 0.5) is 4.79 Å². The SMILES string of the molecule is CNC(=O)[C@H](C)NC(=O)CCNC(=O)OC(C)(C)C. The van der Waals surface area contributed by atoms with Crippen LogP contribution in [0.1, 0.15) is 34.1 Å². The molecule has 19 heavy (non-hydrogen) atoms. The van der Waals surface area contributed by atoms with E-state index in [2.05, 4.69) is 16.0 Å². The van der Waals surface area contributed by atoms with Gasteiger partial charge in [-0.1, -0.05) is 0 Å². The zero-order valence-corrected chi connectivity index (χ0v) is 12.1. The summed E-state index contributed by atoms with van der Waals surface area (Å²) in [6, 6.07) is -0.598. The van der Waals surface area contributed by atoms with Crippen LogP contribution in [-0.4, -0.2) is 43.1 Å². The molecular weight excluding hydrogens is 250 g/mol. The maximum Gasteiger partial charge on any atom is 0.407 e. The second-order valence-corrected chi connectivity index (χ2v) is 5.08. The summed E-state index contributed by atoms with van der Waals surface area (Å²) in [5, 5.41) is 7.40. The molecule has 0 aliphatic rings. The molecule has 0 heterocycles. The second-order valence-electron chi connectivity index (χ2n) is 5.08. The van der Waals surface area contributed by atoms with Gasteiger partial charge in [0.05, 0.1) is 0 Å². The average Bonchev–Trinajstić information content (AvgIpc) is 2.25. The first-order valence-electron chi connectivity index (χ1n) is 6.13. The Morgan fingerprint density at radius 3 is 2.26 bits per heavy atom. The number of nitrogens with one attached hydrogen (secondary N) is 3. The van der Waals surface area contributed by atoms with E-state index in [1.54, 1.807) is 27.7 Å². The Balaban J connectivity index is 3.87. The van der Waals surface area contributed by atoms with E-state index in [4.69, 9.17) is 4.74 Å². The Morgan fingerprint density at radius 1 is 1.21 bits per heavy atom. The van der Waals surface area contributed by atoms with Gasteiger partial charge >= 0.3 is 6.09 Å². The lowest BCUT2D eigenvalue weighted by atomic mass is 10.2. The van der Waals surface area contributed by atoms with E-state index < -0.39 is 17.7 Å². The summed E-state index contributed by atoms with van der Waals surface area (Å²) >= 11 is 0. The number of likely N-dealkylation sites (N-methyl/N-ethyl adjacent to an activating group) is 1. The third kappa shape index (κ3) is 8.87. The van der Waals surface area contributed by atoms with Crippen LogP contribution < -0.4 is 16.0 Å². The van der Waals surface area contributed by atoms with E-state index in [1.165, 1.54) is 7.05 Å². The summed E-state index contributed by atoms with van der Waals surface area (Å²) in [4.78, 5) is 33.9. The molecule has 0 saturated heterocycles. The van der Waals surface area contributed by atoms with Crippen LogP contribution >= 0.6 is 0 Å². The fourth-order valence-electron chi connectivity index (χ4n) is 1.19. The molecule has 110 valence electrons. The van der Waals surface area contributed by atoms with E-state index in [9.17, 15) is 14.4 Å². The van der Waals surface area contributed by atoms with Gasteiger partial charge in [0.15, 0.2) is 0 Å². The van der Waals surface area contributed by atoms with Crippen molar-refractivity contribution < 1.29 is 19.1 Å². The third-order valence-electron chi connectivity index (χ3n) is 2.04. The fraction of sp³-hybridized carbons (Fsp3) is 0.750. The average molecular weight is 273 g/mol. The van der Waals surface area contributed by atoms with Crippen LogP contribution in [0.2, 0.25) is 0 Å². The van der Waals surface area contributed by atoms with E-state index in [1.807, 2.05) is 0 Å². The molecule has 0 fully saturated rings. The van der Waals surface area contributed by atoms with Gasteiger partial charge in [0.2, 0.25) is 11.8 Å². The molecule has 0 aromatic heterocycles. The number of hydrogen-bond donors (Lipinski definition) is 3. The van der Waals surface area contributed by atoms with E-state index in [0.717, 1.165) is 0 Å². The Kier molecular flexibility index (Phi) is 6.89. The first kappa shape index (κ1) is 17.2. The molecule has 0 aromatic rings. The minimum Gasteiger partial charge on any atom is -0.444 e. The second kappa shape index (κ2) is 7.60. The molecule has 0 unspecified atom stereocenters. The van der Waals surface area contributed by atoms with E-state index in [0.29, 0.717) is 0 Å². The summed E-state index contributed by atoms with van der Waals surface area (Å²) in [5.41, 5.74) is -0.569. The minimum absolute atomic E-state index is 0.0839. The molecule has 0 aliphatic carbocycles. The summed E-state index contributed by atoms with van der Waals surface area (Å²) in [7, 11) is 1.50. The van der Waals surface area contributed by atoms with Crippen LogP contribution in [0, 0.1) is 0 Å². The summed E-state index contributed by atoms with van der Waals surface area (Å²) in [5.74, 6) is -0.583. The Bertz CT molecular complexity index is 336. The van der Waals surface area contributed by atoms with Gasteiger partial charge in [0, 0.05) is 20.0 Å². The number of carbonyl (C=O) groups excluding carboxylic acids is 3. The number of ether oxygens (including phenoxy) is 1. The van der Waals surface area contributed by atoms with Gasteiger partial charge in [-0.15, -0.1) is 0 Å². The Morgan fingerprint density at radius 2 is 1.79 bits per heavy atom. The van der Waals surface area contributed by atoms with Crippen molar-refractivity contribution in [2.45, 2.75) is 45.8 Å². The molecular formula is C12H23N3O4. The molecule has 3 amide bonds. The molecule has 0 bridgehead atoms. The standard InChI is InChI=1S/C12H23N3O4/c1-8(10(17)13-5)15-9(16)6-7-14-11(18)19-12(2,3)4/h8H,6-7H2,1-5H3,(H,13,17)(H,14,18)(H,15,16)/t8-/m0/s1. The monoisotopic (exact) mass is 273 g/mol. The molecule has 0 radical (unpaired) electrons. The quantitative estimate of drug-likeness (QED) is 0.664. The highest BCUT2D eigenvalue weighted by Gasteiger charge is 2.17. The smallest absolute Gasteiger partial charge is 0.407 e. The van der Waals surface area contributed by atoms with Gasteiger partial charge in [-0.05, 0) is 27.7 Å². The zero-order chi connectivity index (χ0) is 15.1. The molecule has 7 nitrogen and oxygen atoms in total. The van der Waals surface area contributed by atoms with Crippen LogP contribution in [0.5, 0.6) is 0 Å². The topological polar surface area (TPSA) is 96.5 Å². The number of carbonyl (C=O) groups is 3. The summed E-state index contributed by atoms with van der Waals surface area (Å²) < 4.78 is 5.01. The van der Waals surface area contributed by atoms with Crippen molar-refractivity contribution in [2.75, 3.05) is 13.6 Å². The normalized spacial score (nSPS) is 12.3. The van der Waals surface area contributed by atoms with Crippen molar-refractivity contribution in [3.8, 4) is 0 Å². The van der Waals surface area contributed by atoms with Crippen molar-refractivity contribution in [2.24, 2.45) is 0 Å². The van der Waals surface area contributed by atoms with Crippen LogP contribution in [0.15, 0.2) is 0 Å². The highest BCUT2D eigenvalue weighted by Crippen LogP contribution is 2.06. The lowest BCUT2D eigenvalue weighted by Gasteiger charge is -2.19. The van der Waals surface area contributed by atoms with Gasteiger partial charge in [0.1, 0.15) is 11.6 Å². The van der Waals surface area contributed by atoms with Crippen molar-refractivity contribution in [3.05, 3.63) is 0 Å². The lowest BCUT2D eigenvalue weighted by Crippen LogP contribution is -2.44. The van der Waals surface area contributed by atoms with Gasteiger partial charge in [0.25, 0.3) is 0 Å². The predicted octanol–water partition coefficient (Wildman–Crippen LogP) is 0.152. The molecule has 0 saturated carbocycles. The molecule has 0 spiro atoms. The zero-order valence-electron chi connectivity index (χ0n) is 12.1. The minimum atomic E-state index is -0.598. The first-order chi connectivity index (χ1) is 8.65. The van der Waals surface area contributed by atoms with Gasteiger partial charge in [-0.3, -0.25) is 9.59 Å².